The number of carbonyl (C=O) groups excluding carboxylic acids is 1. The largest absolute Gasteiger partial charge is 0.347 e. The molecule has 3 rings (SSSR count). The predicted octanol–water partition coefficient (Wildman–Crippen LogP) is 2.62. The first-order valence-electron chi connectivity index (χ1n) is 9.42. The van der Waals surface area contributed by atoms with Gasteiger partial charge >= 0.3 is 0 Å². The molecule has 0 unspecified atom stereocenters. The highest BCUT2D eigenvalue weighted by Crippen LogP contribution is 2.14. The van der Waals surface area contributed by atoms with Crippen LogP contribution in [0.4, 0.5) is 0 Å². The van der Waals surface area contributed by atoms with E-state index in [0.29, 0.717) is 23.2 Å². The third kappa shape index (κ3) is 3.56. The molecule has 7 nitrogen and oxygen atoms in total. The number of amides is 1. The second-order valence-electron chi connectivity index (χ2n) is 8.65. The Kier molecular flexibility index (Phi) is 4.87. The van der Waals surface area contributed by atoms with Gasteiger partial charge in [-0.25, -0.2) is 4.98 Å². The van der Waals surface area contributed by atoms with E-state index in [0.717, 1.165) is 5.56 Å². The van der Waals surface area contributed by atoms with Crippen LogP contribution in [0.3, 0.4) is 0 Å². The molecule has 2 N–H and O–H groups in total. The van der Waals surface area contributed by atoms with Crippen molar-refractivity contribution < 1.29 is 4.79 Å². The standard InChI is InChI=1S/C21H27N5O2/c1-12(2)11-26-16(22)14(19(27)24-21(4,5)6)10-15-18(26)23-17-13(3)8-7-9-25(17)20(15)28/h7-10,12,22H,11H2,1-6H3,(H,24,27). The number of pyridine rings is 2. The number of nitrogens with zero attached hydrogens (tertiary/aromatic N) is 3. The van der Waals surface area contributed by atoms with Crippen molar-refractivity contribution in [3.05, 3.63) is 51.4 Å². The van der Waals surface area contributed by atoms with Gasteiger partial charge in [0, 0.05) is 18.3 Å². The lowest BCUT2D eigenvalue weighted by Crippen LogP contribution is -2.44. The van der Waals surface area contributed by atoms with Gasteiger partial charge in [0.2, 0.25) is 0 Å². The zero-order chi connectivity index (χ0) is 20.8. The Morgan fingerprint density at radius 2 is 1.96 bits per heavy atom. The molecule has 28 heavy (non-hydrogen) atoms. The lowest BCUT2D eigenvalue weighted by molar-refractivity contribution is 0.0917. The average molecular weight is 381 g/mol. The molecule has 0 aliphatic carbocycles. The number of aryl methyl sites for hydroxylation is 1. The van der Waals surface area contributed by atoms with E-state index in [1.807, 2.05) is 47.6 Å². The van der Waals surface area contributed by atoms with E-state index in [1.54, 1.807) is 16.8 Å². The van der Waals surface area contributed by atoms with Crippen LogP contribution in [0.1, 0.15) is 50.5 Å². The number of aromatic nitrogens is 3. The number of hydrogen-bond acceptors (Lipinski definition) is 4. The van der Waals surface area contributed by atoms with Crippen molar-refractivity contribution in [2.24, 2.45) is 5.92 Å². The minimum absolute atomic E-state index is 0.0628. The Labute approximate surface area is 163 Å². The van der Waals surface area contributed by atoms with Gasteiger partial charge in [-0.2, -0.15) is 0 Å². The van der Waals surface area contributed by atoms with Crippen LogP contribution in [0, 0.1) is 18.3 Å². The summed E-state index contributed by atoms with van der Waals surface area (Å²) in [6.45, 7) is 12.1. The molecule has 0 saturated heterocycles. The van der Waals surface area contributed by atoms with Gasteiger partial charge in [-0.3, -0.25) is 19.4 Å². The highest BCUT2D eigenvalue weighted by Gasteiger charge is 2.21. The van der Waals surface area contributed by atoms with Crippen LogP contribution in [0.15, 0.2) is 29.2 Å². The summed E-state index contributed by atoms with van der Waals surface area (Å²) in [6.07, 6.45) is 1.67. The van der Waals surface area contributed by atoms with Crippen LogP contribution >= 0.6 is 0 Å². The van der Waals surface area contributed by atoms with E-state index < -0.39 is 5.54 Å². The fourth-order valence-electron chi connectivity index (χ4n) is 3.22. The van der Waals surface area contributed by atoms with Crippen LogP contribution < -0.4 is 16.4 Å². The van der Waals surface area contributed by atoms with Crippen LogP contribution in [-0.2, 0) is 6.54 Å². The molecule has 0 atom stereocenters. The van der Waals surface area contributed by atoms with E-state index in [9.17, 15) is 9.59 Å². The summed E-state index contributed by atoms with van der Waals surface area (Å²) in [4.78, 5) is 30.7. The summed E-state index contributed by atoms with van der Waals surface area (Å²) in [5.74, 6) is -0.152. The predicted molar refractivity (Wildman–Crippen MR) is 110 cm³/mol. The van der Waals surface area contributed by atoms with Crippen molar-refractivity contribution in [3.8, 4) is 0 Å². The van der Waals surface area contributed by atoms with Crippen molar-refractivity contribution in [3.63, 3.8) is 0 Å². The zero-order valence-electron chi connectivity index (χ0n) is 17.3. The summed E-state index contributed by atoms with van der Waals surface area (Å²) in [7, 11) is 0. The first kappa shape index (κ1) is 19.8. The Morgan fingerprint density at radius 3 is 2.57 bits per heavy atom. The molecule has 0 aliphatic rings. The van der Waals surface area contributed by atoms with Crippen LogP contribution in [0.2, 0.25) is 0 Å². The van der Waals surface area contributed by atoms with Crippen LogP contribution in [0.5, 0.6) is 0 Å². The van der Waals surface area contributed by atoms with Gasteiger partial charge in [0.15, 0.2) is 0 Å². The maximum atomic E-state index is 13.2. The fourth-order valence-corrected chi connectivity index (χ4v) is 3.22. The number of fused-ring (bicyclic) bond motifs is 2. The van der Waals surface area contributed by atoms with Crippen molar-refractivity contribution >= 4 is 22.6 Å². The molecule has 0 aliphatic heterocycles. The second-order valence-corrected chi connectivity index (χ2v) is 8.65. The molecular weight excluding hydrogens is 354 g/mol. The number of carbonyl (C=O) groups is 1. The van der Waals surface area contributed by atoms with Crippen LogP contribution in [0.25, 0.3) is 16.7 Å². The molecule has 0 saturated carbocycles. The van der Waals surface area contributed by atoms with Gasteiger partial charge in [-0.15, -0.1) is 0 Å². The Bertz CT molecular complexity index is 1200. The Morgan fingerprint density at radius 1 is 1.29 bits per heavy atom. The zero-order valence-corrected chi connectivity index (χ0v) is 17.3. The van der Waals surface area contributed by atoms with Crippen LogP contribution in [-0.4, -0.2) is 25.4 Å². The average Bonchev–Trinajstić information content (AvgIpc) is 2.56. The normalized spacial score (nSPS) is 12.1. The van der Waals surface area contributed by atoms with Gasteiger partial charge in [-0.1, -0.05) is 19.9 Å². The summed E-state index contributed by atoms with van der Waals surface area (Å²) in [5.41, 5.74) is 1.41. The lowest BCUT2D eigenvalue weighted by Gasteiger charge is -2.22. The minimum atomic E-state index is -0.449. The topological polar surface area (TPSA) is 92.3 Å². The quantitative estimate of drug-likeness (QED) is 0.683. The van der Waals surface area contributed by atoms with Gasteiger partial charge in [-0.05, 0) is 51.3 Å². The molecule has 148 valence electrons. The lowest BCUT2D eigenvalue weighted by atomic mass is 10.1. The Balaban J connectivity index is 2.42. The molecular formula is C21H27N5O2. The van der Waals surface area contributed by atoms with E-state index in [-0.39, 0.29) is 28.4 Å². The summed E-state index contributed by atoms with van der Waals surface area (Å²) in [6, 6.07) is 5.19. The van der Waals surface area contributed by atoms with E-state index in [2.05, 4.69) is 5.32 Å². The molecule has 0 fully saturated rings. The fraction of sp³-hybridized carbons (Fsp3) is 0.429. The molecule has 0 bridgehead atoms. The number of hydrogen-bond donors (Lipinski definition) is 2. The molecule has 3 aromatic rings. The first-order valence-corrected chi connectivity index (χ1v) is 9.42. The van der Waals surface area contributed by atoms with Gasteiger partial charge < -0.3 is 9.88 Å². The number of rotatable bonds is 3. The SMILES string of the molecule is Cc1cccn2c(=O)c3cc(C(=O)NC(C)(C)C)c(=N)n(CC(C)C)c3nc12. The van der Waals surface area contributed by atoms with E-state index >= 15 is 0 Å². The third-order valence-electron chi connectivity index (χ3n) is 4.41. The molecule has 3 aromatic heterocycles. The minimum Gasteiger partial charge on any atom is -0.347 e. The highest BCUT2D eigenvalue weighted by atomic mass is 16.2. The summed E-state index contributed by atoms with van der Waals surface area (Å²) < 4.78 is 3.16. The van der Waals surface area contributed by atoms with Gasteiger partial charge in [0.25, 0.3) is 11.5 Å². The highest BCUT2D eigenvalue weighted by molar-refractivity contribution is 5.97. The smallest absolute Gasteiger partial charge is 0.267 e. The molecule has 1 amide bonds. The second kappa shape index (κ2) is 6.89. The molecule has 0 aromatic carbocycles. The molecule has 0 radical (unpaired) electrons. The molecule has 3 heterocycles. The van der Waals surface area contributed by atoms with Crippen molar-refractivity contribution in [2.75, 3.05) is 0 Å². The maximum absolute atomic E-state index is 13.2. The van der Waals surface area contributed by atoms with E-state index in [1.165, 1.54) is 10.5 Å². The van der Waals surface area contributed by atoms with Gasteiger partial charge in [0.05, 0.1) is 10.9 Å². The molecule has 0 spiro atoms. The van der Waals surface area contributed by atoms with Crippen molar-refractivity contribution in [1.82, 2.24) is 19.3 Å². The maximum Gasteiger partial charge on any atom is 0.267 e. The van der Waals surface area contributed by atoms with E-state index in [4.69, 9.17) is 10.4 Å². The first-order chi connectivity index (χ1) is 13.0. The molecule has 7 heteroatoms. The third-order valence-corrected chi connectivity index (χ3v) is 4.41. The number of nitrogens with one attached hydrogen (secondary N) is 2. The summed E-state index contributed by atoms with van der Waals surface area (Å²) in [5, 5.41) is 11.9. The van der Waals surface area contributed by atoms with Crippen molar-refractivity contribution in [1.29, 1.82) is 5.41 Å². The Hall–Kier alpha value is -2.96. The summed E-state index contributed by atoms with van der Waals surface area (Å²) >= 11 is 0. The monoisotopic (exact) mass is 381 g/mol. The van der Waals surface area contributed by atoms with Gasteiger partial charge in [0.1, 0.15) is 16.8 Å². The van der Waals surface area contributed by atoms with Crippen molar-refractivity contribution in [2.45, 2.75) is 53.6 Å².